The quantitative estimate of drug-likeness (QED) is 0.562. The fourth-order valence-electron chi connectivity index (χ4n) is 1.46. The van der Waals surface area contributed by atoms with Crippen LogP contribution in [-0.2, 0) is 4.79 Å². The van der Waals surface area contributed by atoms with E-state index >= 15 is 0 Å². The van der Waals surface area contributed by atoms with Gasteiger partial charge in [0.05, 0.1) is 0 Å². The van der Waals surface area contributed by atoms with E-state index in [-0.39, 0.29) is 5.92 Å². The summed E-state index contributed by atoms with van der Waals surface area (Å²) in [5.41, 5.74) is 0. The van der Waals surface area contributed by atoms with E-state index in [1.807, 2.05) is 11.8 Å². The number of hydrogen-bond donors (Lipinski definition) is 3. The molecular weight excluding hydrogens is 252 g/mol. The summed E-state index contributed by atoms with van der Waals surface area (Å²) in [5, 5.41) is 14.1. The number of hydrogen-bond acceptors (Lipinski definition) is 3. The summed E-state index contributed by atoms with van der Waals surface area (Å²) in [5.74, 6) is 0.00984. The molecule has 0 heterocycles. The van der Waals surface area contributed by atoms with Crippen LogP contribution in [0.15, 0.2) is 0 Å². The van der Waals surface area contributed by atoms with Crippen molar-refractivity contribution in [2.45, 2.75) is 39.2 Å². The van der Waals surface area contributed by atoms with Gasteiger partial charge in [0.1, 0.15) is 6.04 Å². The molecule has 0 saturated heterocycles. The summed E-state index contributed by atoms with van der Waals surface area (Å²) in [6.45, 7) is 4.12. The smallest absolute Gasteiger partial charge is 0.326 e. The number of carboxylic acid groups (broad SMARTS) is 1. The molecule has 6 heteroatoms. The third-order valence-electron chi connectivity index (χ3n) is 2.53. The topological polar surface area (TPSA) is 78.4 Å². The number of urea groups is 1. The van der Waals surface area contributed by atoms with Gasteiger partial charge in [0.25, 0.3) is 0 Å². The van der Waals surface area contributed by atoms with Crippen LogP contribution in [0.4, 0.5) is 4.79 Å². The van der Waals surface area contributed by atoms with E-state index in [0.29, 0.717) is 6.54 Å². The number of carbonyl (C=O) groups is 2. The van der Waals surface area contributed by atoms with Crippen molar-refractivity contribution in [3.05, 3.63) is 0 Å². The van der Waals surface area contributed by atoms with E-state index in [1.54, 1.807) is 13.8 Å². The first-order chi connectivity index (χ1) is 8.49. The highest BCUT2D eigenvalue weighted by Gasteiger charge is 2.22. The summed E-state index contributed by atoms with van der Waals surface area (Å²) in [7, 11) is 0. The third kappa shape index (κ3) is 8.22. The molecule has 0 radical (unpaired) electrons. The van der Waals surface area contributed by atoms with E-state index < -0.39 is 18.0 Å². The zero-order valence-corrected chi connectivity index (χ0v) is 12.2. The molecule has 0 aromatic heterocycles. The van der Waals surface area contributed by atoms with Gasteiger partial charge in [0, 0.05) is 6.54 Å². The molecule has 106 valence electrons. The first kappa shape index (κ1) is 17.1. The maximum absolute atomic E-state index is 11.5. The van der Waals surface area contributed by atoms with Crippen molar-refractivity contribution < 1.29 is 14.7 Å². The molecule has 3 N–H and O–H groups in total. The Morgan fingerprint density at radius 3 is 2.39 bits per heavy atom. The van der Waals surface area contributed by atoms with Gasteiger partial charge in [-0.3, -0.25) is 0 Å². The molecule has 0 bridgehead atoms. The molecule has 0 fully saturated rings. The monoisotopic (exact) mass is 276 g/mol. The fraction of sp³-hybridized carbons (Fsp3) is 0.833. The van der Waals surface area contributed by atoms with Crippen molar-refractivity contribution in [1.82, 2.24) is 10.6 Å². The highest BCUT2D eigenvalue weighted by molar-refractivity contribution is 7.98. The van der Waals surface area contributed by atoms with Crippen molar-refractivity contribution in [1.29, 1.82) is 0 Å². The van der Waals surface area contributed by atoms with Gasteiger partial charge >= 0.3 is 12.0 Å². The number of carbonyl (C=O) groups excluding carboxylic acids is 1. The predicted molar refractivity (Wildman–Crippen MR) is 75.0 cm³/mol. The molecule has 0 saturated carbocycles. The van der Waals surface area contributed by atoms with Crippen LogP contribution < -0.4 is 10.6 Å². The first-order valence-corrected chi connectivity index (χ1v) is 7.64. The molecule has 0 rings (SSSR count). The summed E-state index contributed by atoms with van der Waals surface area (Å²) in [6, 6.07) is -1.23. The molecule has 0 spiro atoms. The van der Waals surface area contributed by atoms with Crippen molar-refractivity contribution in [3.63, 3.8) is 0 Å². The van der Waals surface area contributed by atoms with Crippen LogP contribution in [0.5, 0.6) is 0 Å². The molecule has 0 aromatic rings. The lowest BCUT2D eigenvalue weighted by Crippen LogP contribution is -2.48. The molecule has 2 amide bonds. The number of unbranched alkanes of at least 4 members (excludes halogenated alkanes) is 2. The average molecular weight is 276 g/mol. The molecule has 1 atom stereocenters. The second-order valence-electron chi connectivity index (χ2n) is 4.51. The average Bonchev–Trinajstić information content (AvgIpc) is 2.29. The van der Waals surface area contributed by atoms with E-state index in [1.165, 1.54) is 0 Å². The Labute approximate surface area is 113 Å². The molecule has 18 heavy (non-hydrogen) atoms. The molecule has 5 nitrogen and oxygen atoms in total. The molecule has 0 aliphatic carbocycles. The van der Waals surface area contributed by atoms with Crippen LogP contribution in [0.2, 0.25) is 0 Å². The molecule has 0 aromatic carbocycles. The SMILES string of the molecule is CSCCCCCNC(=O)N[C@H](C(=O)O)C(C)C. The Morgan fingerprint density at radius 1 is 1.22 bits per heavy atom. The standard InChI is InChI=1S/C12H24N2O3S/c1-9(2)10(11(15)16)14-12(17)13-7-5-4-6-8-18-3/h9-10H,4-8H2,1-3H3,(H,15,16)(H2,13,14,17)/t10-/m0/s1. The minimum Gasteiger partial charge on any atom is -0.480 e. The third-order valence-corrected chi connectivity index (χ3v) is 3.23. The number of rotatable bonds is 9. The minimum atomic E-state index is -1.000. The van der Waals surface area contributed by atoms with E-state index in [0.717, 1.165) is 25.0 Å². The zero-order valence-electron chi connectivity index (χ0n) is 11.4. The first-order valence-electron chi connectivity index (χ1n) is 6.25. The largest absolute Gasteiger partial charge is 0.480 e. The van der Waals surface area contributed by atoms with Crippen LogP contribution in [0.1, 0.15) is 33.1 Å². The lowest BCUT2D eigenvalue weighted by molar-refractivity contribution is -0.140. The van der Waals surface area contributed by atoms with Gasteiger partial charge in [0.2, 0.25) is 0 Å². The highest BCUT2D eigenvalue weighted by atomic mass is 32.2. The lowest BCUT2D eigenvalue weighted by atomic mass is 10.1. The maximum atomic E-state index is 11.5. The van der Waals surface area contributed by atoms with Gasteiger partial charge in [-0.15, -0.1) is 0 Å². The van der Waals surface area contributed by atoms with Crippen molar-refractivity contribution in [2.24, 2.45) is 5.92 Å². The fourth-order valence-corrected chi connectivity index (χ4v) is 1.95. The van der Waals surface area contributed by atoms with Crippen LogP contribution in [0.3, 0.4) is 0 Å². The van der Waals surface area contributed by atoms with Crippen LogP contribution in [0.25, 0.3) is 0 Å². The van der Waals surface area contributed by atoms with E-state index in [9.17, 15) is 9.59 Å². The second-order valence-corrected chi connectivity index (χ2v) is 5.50. The molecule has 0 unspecified atom stereocenters. The lowest BCUT2D eigenvalue weighted by Gasteiger charge is -2.18. The van der Waals surface area contributed by atoms with Crippen molar-refractivity contribution in [3.8, 4) is 0 Å². The van der Waals surface area contributed by atoms with Crippen LogP contribution in [0, 0.1) is 5.92 Å². The number of nitrogens with one attached hydrogen (secondary N) is 2. The minimum absolute atomic E-state index is 0.130. The van der Waals surface area contributed by atoms with Gasteiger partial charge in [-0.25, -0.2) is 9.59 Å². The predicted octanol–water partition coefficient (Wildman–Crippen LogP) is 1.93. The Kier molecular flexibility index (Phi) is 9.55. The summed E-state index contributed by atoms with van der Waals surface area (Å²) in [4.78, 5) is 22.3. The summed E-state index contributed by atoms with van der Waals surface area (Å²) >= 11 is 1.82. The van der Waals surface area contributed by atoms with Crippen molar-refractivity contribution >= 4 is 23.8 Å². The van der Waals surface area contributed by atoms with Gasteiger partial charge < -0.3 is 15.7 Å². The van der Waals surface area contributed by atoms with Crippen LogP contribution >= 0.6 is 11.8 Å². The van der Waals surface area contributed by atoms with Gasteiger partial charge in [-0.2, -0.15) is 11.8 Å². The molecular formula is C12H24N2O3S. The Hall–Kier alpha value is -0.910. The Bertz CT molecular complexity index is 260. The summed E-state index contributed by atoms with van der Waals surface area (Å²) in [6.07, 6.45) is 5.22. The van der Waals surface area contributed by atoms with Crippen LogP contribution in [-0.4, -0.2) is 41.7 Å². The maximum Gasteiger partial charge on any atom is 0.326 e. The number of amides is 2. The number of aliphatic carboxylic acids is 1. The van der Waals surface area contributed by atoms with Gasteiger partial charge in [-0.05, 0) is 30.8 Å². The van der Waals surface area contributed by atoms with E-state index in [2.05, 4.69) is 16.9 Å². The Balaban J connectivity index is 3.72. The van der Waals surface area contributed by atoms with E-state index in [4.69, 9.17) is 5.11 Å². The number of thioether (sulfide) groups is 1. The Morgan fingerprint density at radius 2 is 1.89 bits per heavy atom. The zero-order chi connectivity index (χ0) is 14.0. The van der Waals surface area contributed by atoms with Gasteiger partial charge in [-0.1, -0.05) is 20.3 Å². The number of carboxylic acids is 1. The van der Waals surface area contributed by atoms with Gasteiger partial charge in [0.15, 0.2) is 0 Å². The second kappa shape index (κ2) is 10.1. The molecule has 0 aliphatic heterocycles. The normalized spacial score (nSPS) is 12.2. The summed E-state index contributed by atoms with van der Waals surface area (Å²) < 4.78 is 0. The molecule has 0 aliphatic rings. The highest BCUT2D eigenvalue weighted by Crippen LogP contribution is 2.02. The van der Waals surface area contributed by atoms with Crippen molar-refractivity contribution in [2.75, 3.05) is 18.6 Å².